The number of para-hydroxylation sites is 1. The van der Waals surface area contributed by atoms with Crippen LogP contribution in [0.15, 0.2) is 67.3 Å². The highest BCUT2D eigenvalue weighted by molar-refractivity contribution is 7.56. The molecule has 0 fully saturated rings. The molecule has 0 saturated carbocycles. The summed E-state index contributed by atoms with van der Waals surface area (Å²) in [4.78, 5) is 25.3. The average Bonchev–Trinajstić information content (AvgIpc) is 3.26. The van der Waals surface area contributed by atoms with Gasteiger partial charge in [0.2, 0.25) is 0 Å². The first-order chi connectivity index (χ1) is 17.2. The zero-order chi connectivity index (χ0) is 26.1. The van der Waals surface area contributed by atoms with E-state index in [9.17, 15) is 14.2 Å². The van der Waals surface area contributed by atoms with Gasteiger partial charge in [-0.2, -0.15) is 0 Å². The van der Waals surface area contributed by atoms with Gasteiger partial charge in [0.1, 0.15) is 23.3 Å². The lowest BCUT2D eigenvalue weighted by atomic mass is 10.2. The second-order valence-corrected chi connectivity index (χ2v) is 11.4. The fourth-order valence-electron chi connectivity index (χ4n) is 3.37. The normalized spacial score (nSPS) is 13.7. The van der Waals surface area contributed by atoms with E-state index in [1.807, 2.05) is 24.3 Å². The van der Waals surface area contributed by atoms with Gasteiger partial charge < -0.3 is 18.7 Å². The minimum atomic E-state index is -3.68. The molecule has 0 amide bonds. The van der Waals surface area contributed by atoms with Crippen molar-refractivity contribution in [3.63, 3.8) is 0 Å². The minimum absolute atomic E-state index is 0.0148. The summed E-state index contributed by atoms with van der Waals surface area (Å²) in [5, 5.41) is 3.69. The van der Waals surface area contributed by atoms with Gasteiger partial charge in [0.25, 0.3) is 0 Å². The number of ether oxygens (including phenoxy) is 3. The highest BCUT2D eigenvalue weighted by Gasteiger charge is 2.33. The van der Waals surface area contributed by atoms with E-state index in [0.29, 0.717) is 16.2 Å². The average molecular weight is 532 g/mol. The smallest absolute Gasteiger partial charge is 0.348 e. The molecule has 36 heavy (non-hydrogen) atoms. The van der Waals surface area contributed by atoms with E-state index in [1.54, 1.807) is 44.2 Å². The first-order valence-corrected chi connectivity index (χ1v) is 14.0. The van der Waals surface area contributed by atoms with Crippen molar-refractivity contribution < 1.29 is 32.9 Å². The third-order valence-electron chi connectivity index (χ3n) is 4.82. The topological polar surface area (TPSA) is 100 Å². The maximum absolute atomic E-state index is 14.1. The third kappa shape index (κ3) is 7.77. The molecule has 3 rings (SSSR count). The summed E-state index contributed by atoms with van der Waals surface area (Å²) < 4.78 is 36.6. The van der Waals surface area contributed by atoms with Crippen molar-refractivity contribution in [3.8, 4) is 5.75 Å². The SMILES string of the molecule is C=CCOC(=O)c1cc2cc(CP(=O)(NC(COC)C(=O)OC(C)C)Oc3ccccc3)ccc2s1. The quantitative estimate of drug-likeness (QED) is 0.174. The molecule has 3 aromatic rings. The highest BCUT2D eigenvalue weighted by Crippen LogP contribution is 2.47. The Hall–Kier alpha value is -2.97. The van der Waals surface area contributed by atoms with Crippen LogP contribution in [0.4, 0.5) is 0 Å². The van der Waals surface area contributed by atoms with Crippen molar-refractivity contribution in [1.29, 1.82) is 0 Å². The second-order valence-electron chi connectivity index (χ2n) is 8.23. The number of fused-ring (bicyclic) bond motifs is 1. The molecular weight excluding hydrogens is 501 g/mol. The van der Waals surface area contributed by atoms with Crippen LogP contribution in [-0.2, 0) is 29.7 Å². The number of thiophene rings is 1. The number of methoxy groups -OCH3 is 1. The predicted octanol–water partition coefficient (Wildman–Crippen LogP) is 5.57. The number of carbonyl (C=O) groups excluding carboxylic acids is 2. The summed E-state index contributed by atoms with van der Waals surface area (Å²) in [5.41, 5.74) is 0.700. The third-order valence-corrected chi connectivity index (χ3v) is 7.91. The van der Waals surface area contributed by atoms with E-state index in [1.165, 1.54) is 24.5 Å². The van der Waals surface area contributed by atoms with E-state index >= 15 is 0 Å². The molecule has 2 unspecified atom stereocenters. The molecule has 1 N–H and O–H groups in total. The predicted molar refractivity (Wildman–Crippen MR) is 141 cm³/mol. The summed E-state index contributed by atoms with van der Waals surface area (Å²) in [6, 6.07) is 15.0. The van der Waals surface area contributed by atoms with Gasteiger partial charge in [-0.25, -0.2) is 9.88 Å². The van der Waals surface area contributed by atoms with Crippen molar-refractivity contribution >= 4 is 40.9 Å². The van der Waals surface area contributed by atoms with Crippen molar-refractivity contribution in [2.75, 3.05) is 20.3 Å². The zero-order valence-corrected chi connectivity index (χ0v) is 22.2. The molecule has 8 nitrogen and oxygen atoms in total. The lowest BCUT2D eigenvalue weighted by Crippen LogP contribution is -2.41. The molecule has 0 aliphatic rings. The van der Waals surface area contributed by atoms with Gasteiger partial charge in [-0.15, -0.1) is 11.3 Å². The van der Waals surface area contributed by atoms with Crippen LogP contribution in [0.1, 0.15) is 29.1 Å². The highest BCUT2D eigenvalue weighted by atomic mass is 32.1. The molecule has 1 aromatic heterocycles. The largest absolute Gasteiger partial charge is 0.462 e. The van der Waals surface area contributed by atoms with Crippen LogP contribution in [-0.4, -0.2) is 44.4 Å². The minimum Gasteiger partial charge on any atom is -0.462 e. The van der Waals surface area contributed by atoms with E-state index in [0.717, 1.165) is 10.1 Å². The van der Waals surface area contributed by atoms with Crippen molar-refractivity contribution in [3.05, 3.63) is 77.7 Å². The molecular formula is C26H30NO7PS. The van der Waals surface area contributed by atoms with Crippen LogP contribution in [0.25, 0.3) is 10.1 Å². The number of carbonyl (C=O) groups is 2. The number of rotatable bonds is 13. The maximum Gasteiger partial charge on any atom is 0.348 e. The Morgan fingerprint density at radius 3 is 2.56 bits per heavy atom. The summed E-state index contributed by atoms with van der Waals surface area (Å²) in [7, 11) is -2.23. The van der Waals surface area contributed by atoms with Gasteiger partial charge >= 0.3 is 19.5 Å². The van der Waals surface area contributed by atoms with Gasteiger partial charge in [-0.1, -0.05) is 36.9 Å². The Labute approximate surface area is 214 Å². The molecule has 0 spiro atoms. The molecule has 10 heteroatoms. The molecule has 0 radical (unpaired) electrons. The molecule has 0 aliphatic heterocycles. The van der Waals surface area contributed by atoms with Crippen molar-refractivity contribution in [2.45, 2.75) is 32.2 Å². The number of esters is 2. The number of benzene rings is 2. The lowest BCUT2D eigenvalue weighted by molar-refractivity contribution is -0.150. The molecule has 0 aliphatic carbocycles. The van der Waals surface area contributed by atoms with Gasteiger partial charge in [0, 0.05) is 11.8 Å². The number of hydrogen-bond donors (Lipinski definition) is 1. The van der Waals surface area contributed by atoms with E-state index in [-0.39, 0.29) is 25.5 Å². The Morgan fingerprint density at radius 2 is 1.89 bits per heavy atom. The van der Waals surface area contributed by atoms with Crippen LogP contribution >= 0.6 is 18.9 Å². The van der Waals surface area contributed by atoms with Crippen molar-refractivity contribution in [2.24, 2.45) is 0 Å². The van der Waals surface area contributed by atoms with Gasteiger partial charge in [0.05, 0.1) is 18.9 Å². The van der Waals surface area contributed by atoms with Crippen LogP contribution in [0.5, 0.6) is 5.75 Å². The van der Waals surface area contributed by atoms with Crippen LogP contribution < -0.4 is 9.61 Å². The summed E-state index contributed by atoms with van der Waals surface area (Å²) in [6.07, 6.45) is 1.15. The van der Waals surface area contributed by atoms with E-state index in [4.69, 9.17) is 18.7 Å². The Balaban J connectivity index is 1.90. The fraction of sp³-hybridized carbons (Fsp3) is 0.308. The van der Waals surface area contributed by atoms with Gasteiger partial charge in [-0.3, -0.25) is 9.36 Å². The van der Waals surface area contributed by atoms with Crippen molar-refractivity contribution in [1.82, 2.24) is 5.09 Å². The Bertz CT molecular complexity index is 1240. The first-order valence-electron chi connectivity index (χ1n) is 11.3. The van der Waals surface area contributed by atoms with Crippen LogP contribution in [0.3, 0.4) is 0 Å². The summed E-state index contributed by atoms with van der Waals surface area (Å²) in [5.74, 6) is -0.617. The standard InChI is InChI=1S/C26H30NO7PS/c1-5-13-32-26(29)24-15-20-14-19(11-12-23(20)36-24)17-35(30,34-21-9-7-6-8-10-21)27-22(16-31-4)25(28)33-18(2)3/h5-12,14-15,18,22H,1,13,16-17H2,2-4H3,(H,27,30). The zero-order valence-electron chi connectivity index (χ0n) is 20.5. The number of nitrogens with one attached hydrogen (secondary N) is 1. The van der Waals surface area contributed by atoms with Crippen LogP contribution in [0.2, 0.25) is 0 Å². The maximum atomic E-state index is 14.1. The number of hydrogen-bond acceptors (Lipinski definition) is 8. The molecule has 0 saturated heterocycles. The lowest BCUT2D eigenvalue weighted by Gasteiger charge is -2.26. The summed E-state index contributed by atoms with van der Waals surface area (Å²) >= 11 is 1.31. The summed E-state index contributed by atoms with van der Waals surface area (Å²) in [6.45, 7) is 7.10. The molecule has 192 valence electrons. The second kappa shape index (κ2) is 12.8. The monoisotopic (exact) mass is 531 g/mol. The molecule has 2 aromatic carbocycles. The molecule has 0 bridgehead atoms. The van der Waals surface area contributed by atoms with Crippen LogP contribution in [0, 0.1) is 0 Å². The van der Waals surface area contributed by atoms with Gasteiger partial charge in [0.15, 0.2) is 0 Å². The Morgan fingerprint density at radius 1 is 1.14 bits per heavy atom. The van der Waals surface area contributed by atoms with Gasteiger partial charge in [-0.05, 0) is 55.1 Å². The van der Waals surface area contributed by atoms with E-state index < -0.39 is 25.5 Å². The molecule has 1 heterocycles. The fourth-order valence-corrected chi connectivity index (χ4v) is 6.31. The molecule has 2 atom stereocenters. The Kier molecular flexibility index (Phi) is 9.84. The first kappa shape index (κ1) is 27.6. The van der Waals surface area contributed by atoms with E-state index in [2.05, 4.69) is 11.7 Å².